The fourth-order valence-electron chi connectivity index (χ4n) is 8.33. The van der Waals surface area contributed by atoms with Crippen molar-refractivity contribution in [2.45, 2.75) is 296 Å². The van der Waals surface area contributed by atoms with Crippen molar-refractivity contribution >= 4 is 11.9 Å². The molecule has 0 fully saturated rings. The maximum Gasteiger partial charge on any atom is 0.306 e. The molecule has 0 saturated heterocycles. The molecule has 0 bridgehead atoms. The summed E-state index contributed by atoms with van der Waals surface area (Å²) in [4.78, 5) is 26.2. The largest absolute Gasteiger partial charge is 0.462 e. The number of unbranched alkanes of at least 4 members (excludes halogenated alkanes) is 32. The van der Waals surface area contributed by atoms with Gasteiger partial charge in [0.25, 0.3) is 0 Å². The molecule has 1 amide bonds. The van der Waals surface area contributed by atoms with Crippen molar-refractivity contribution in [2.24, 2.45) is 0 Å². The van der Waals surface area contributed by atoms with E-state index in [0.29, 0.717) is 19.3 Å². The molecule has 3 unspecified atom stereocenters. The fraction of sp³-hybridized carbons (Fsp3) is 0.825. The zero-order valence-electron chi connectivity index (χ0n) is 42.0. The molecule has 0 saturated carbocycles. The molecule has 0 aromatic carbocycles. The van der Waals surface area contributed by atoms with E-state index in [1.165, 1.54) is 161 Å². The quantitative estimate of drug-likeness (QED) is 0.0321. The van der Waals surface area contributed by atoms with Gasteiger partial charge in [-0.05, 0) is 51.4 Å². The molecule has 3 atom stereocenters. The lowest BCUT2D eigenvalue weighted by molar-refractivity contribution is -0.151. The number of carbonyl (C=O) groups excluding carboxylic acids is 2. The van der Waals surface area contributed by atoms with Gasteiger partial charge in [0.2, 0.25) is 5.91 Å². The van der Waals surface area contributed by atoms with E-state index in [9.17, 15) is 19.8 Å². The number of hydrogen-bond donors (Lipinski definition) is 3. The van der Waals surface area contributed by atoms with Gasteiger partial charge in [-0.25, -0.2) is 0 Å². The lowest BCUT2D eigenvalue weighted by Gasteiger charge is -2.24. The van der Waals surface area contributed by atoms with Crippen molar-refractivity contribution in [3.05, 3.63) is 48.6 Å². The van der Waals surface area contributed by atoms with Gasteiger partial charge in [0.1, 0.15) is 6.10 Å². The Hall–Kier alpha value is -2.18. The van der Waals surface area contributed by atoms with Gasteiger partial charge in [-0.1, -0.05) is 262 Å². The summed E-state index contributed by atoms with van der Waals surface area (Å²) < 4.78 is 5.93. The van der Waals surface area contributed by atoms with Crippen LogP contribution in [0.25, 0.3) is 0 Å². The Kier molecular flexibility index (Phi) is 49.1. The molecule has 63 heavy (non-hydrogen) atoms. The molecule has 368 valence electrons. The van der Waals surface area contributed by atoms with Crippen molar-refractivity contribution in [1.82, 2.24) is 5.32 Å². The Morgan fingerprint density at radius 1 is 0.460 bits per heavy atom. The highest BCUT2D eigenvalue weighted by molar-refractivity contribution is 5.77. The lowest BCUT2D eigenvalue weighted by atomic mass is 10.0. The van der Waals surface area contributed by atoms with Crippen molar-refractivity contribution in [2.75, 3.05) is 6.61 Å². The molecule has 6 heteroatoms. The topological polar surface area (TPSA) is 95.9 Å². The number of rotatable bonds is 49. The number of amides is 1. The summed E-state index contributed by atoms with van der Waals surface area (Å²) in [5.41, 5.74) is 0. The average molecular weight is 884 g/mol. The van der Waals surface area contributed by atoms with Gasteiger partial charge in [-0.15, -0.1) is 0 Å². The molecule has 0 aromatic rings. The number of ether oxygens (including phenoxy) is 1. The second kappa shape index (κ2) is 50.8. The van der Waals surface area contributed by atoms with Gasteiger partial charge in [0.05, 0.1) is 25.2 Å². The lowest BCUT2D eigenvalue weighted by Crippen LogP contribution is -2.46. The van der Waals surface area contributed by atoms with E-state index in [1.807, 2.05) is 0 Å². The number of carbonyl (C=O) groups is 2. The Morgan fingerprint density at radius 2 is 0.810 bits per heavy atom. The molecule has 0 aliphatic rings. The summed E-state index contributed by atoms with van der Waals surface area (Å²) in [6.07, 6.45) is 61.7. The molecule has 3 N–H and O–H groups in total. The Labute approximate surface area is 391 Å². The van der Waals surface area contributed by atoms with E-state index >= 15 is 0 Å². The number of allylic oxidation sites excluding steroid dienone is 8. The van der Waals surface area contributed by atoms with E-state index in [2.05, 4.69) is 74.7 Å². The van der Waals surface area contributed by atoms with Gasteiger partial charge < -0.3 is 20.3 Å². The third-order valence-electron chi connectivity index (χ3n) is 12.5. The number of nitrogens with one attached hydrogen (secondary N) is 1. The number of esters is 1. The minimum atomic E-state index is -0.797. The standard InChI is InChI=1S/C57H105NO5/c1-4-7-10-13-16-19-22-24-26-28-30-32-35-38-41-44-47-50-57(62)63-53(48-45-42-39-36-34-31-29-27-25-23-20-17-14-11-8-5-2)51-56(61)58-54(52-59)55(60)49-46-43-40-37-33-21-18-15-12-9-6-3/h17,20,23,25,27,29,31,34,53-55,59-60H,4-16,18-19,21-22,24,26,28,30,32-33,35-52H2,1-3H3,(H,58,61)/b20-17+,25-23+,29-27+,34-31+. The number of hydrogen-bond acceptors (Lipinski definition) is 5. The first-order chi connectivity index (χ1) is 31.0. The van der Waals surface area contributed by atoms with Crippen LogP contribution in [-0.2, 0) is 14.3 Å². The second-order valence-corrected chi connectivity index (χ2v) is 18.7. The molecule has 0 aromatic heterocycles. The Bertz CT molecular complexity index is 1080. The van der Waals surface area contributed by atoms with Crippen LogP contribution in [0.3, 0.4) is 0 Å². The predicted molar refractivity (Wildman–Crippen MR) is 273 cm³/mol. The molecule has 0 spiro atoms. The van der Waals surface area contributed by atoms with Crippen LogP contribution >= 0.6 is 0 Å². The third kappa shape index (κ3) is 46.2. The minimum Gasteiger partial charge on any atom is -0.462 e. The van der Waals surface area contributed by atoms with E-state index in [4.69, 9.17) is 4.74 Å². The van der Waals surface area contributed by atoms with Crippen molar-refractivity contribution in [3.8, 4) is 0 Å². The van der Waals surface area contributed by atoms with Gasteiger partial charge in [-0.3, -0.25) is 9.59 Å². The highest BCUT2D eigenvalue weighted by Crippen LogP contribution is 2.18. The molecule has 0 radical (unpaired) electrons. The molecule has 0 aliphatic heterocycles. The first-order valence-corrected chi connectivity index (χ1v) is 27.4. The summed E-state index contributed by atoms with van der Waals surface area (Å²) in [5, 5.41) is 23.8. The summed E-state index contributed by atoms with van der Waals surface area (Å²) in [7, 11) is 0. The van der Waals surface area contributed by atoms with Crippen LogP contribution in [0.4, 0.5) is 0 Å². The van der Waals surface area contributed by atoms with Gasteiger partial charge >= 0.3 is 5.97 Å². The maximum atomic E-state index is 13.2. The first-order valence-electron chi connectivity index (χ1n) is 27.4. The highest BCUT2D eigenvalue weighted by Gasteiger charge is 2.24. The third-order valence-corrected chi connectivity index (χ3v) is 12.5. The van der Waals surface area contributed by atoms with E-state index < -0.39 is 18.2 Å². The molecular weight excluding hydrogens is 779 g/mol. The summed E-state index contributed by atoms with van der Waals surface area (Å²) in [6.45, 7) is 6.45. The smallest absolute Gasteiger partial charge is 0.306 e. The second-order valence-electron chi connectivity index (χ2n) is 18.7. The van der Waals surface area contributed by atoms with Gasteiger partial charge in [0, 0.05) is 6.42 Å². The van der Waals surface area contributed by atoms with E-state index in [0.717, 1.165) is 70.6 Å². The number of aliphatic hydroxyl groups excluding tert-OH is 2. The maximum absolute atomic E-state index is 13.2. The van der Waals surface area contributed by atoms with Crippen molar-refractivity contribution in [3.63, 3.8) is 0 Å². The van der Waals surface area contributed by atoms with E-state index in [-0.39, 0.29) is 24.9 Å². The van der Waals surface area contributed by atoms with Crippen LogP contribution in [-0.4, -0.2) is 46.9 Å². The molecular formula is C57H105NO5. The normalized spacial score (nSPS) is 13.5. The highest BCUT2D eigenvalue weighted by atomic mass is 16.5. The molecule has 0 aliphatic carbocycles. The van der Waals surface area contributed by atoms with Crippen LogP contribution in [0, 0.1) is 0 Å². The predicted octanol–water partition coefficient (Wildman–Crippen LogP) is 16.6. The molecule has 6 nitrogen and oxygen atoms in total. The SMILES string of the molecule is CCCCC/C=C/C=C/C=C/C=C/CCCCCC(CC(=O)NC(CO)C(O)CCCCCCCCCCCCC)OC(=O)CCCCCCCCCCCCCCCCCCC. The van der Waals surface area contributed by atoms with Crippen LogP contribution in [0.2, 0.25) is 0 Å². The van der Waals surface area contributed by atoms with Gasteiger partial charge in [-0.2, -0.15) is 0 Å². The minimum absolute atomic E-state index is 0.0542. The van der Waals surface area contributed by atoms with Crippen LogP contribution in [0.15, 0.2) is 48.6 Å². The summed E-state index contributed by atoms with van der Waals surface area (Å²) in [6, 6.07) is -0.713. The number of aliphatic hydroxyl groups is 2. The summed E-state index contributed by atoms with van der Waals surface area (Å²) >= 11 is 0. The van der Waals surface area contributed by atoms with Crippen LogP contribution < -0.4 is 5.32 Å². The zero-order valence-corrected chi connectivity index (χ0v) is 42.0. The van der Waals surface area contributed by atoms with Gasteiger partial charge in [0.15, 0.2) is 0 Å². The fourth-order valence-corrected chi connectivity index (χ4v) is 8.33. The first kappa shape index (κ1) is 60.8. The Balaban J connectivity index is 4.62. The molecule has 0 rings (SSSR count). The molecule has 0 heterocycles. The van der Waals surface area contributed by atoms with Crippen molar-refractivity contribution < 1.29 is 24.5 Å². The average Bonchev–Trinajstić information content (AvgIpc) is 3.28. The Morgan fingerprint density at radius 3 is 1.25 bits per heavy atom. The zero-order chi connectivity index (χ0) is 45.9. The van der Waals surface area contributed by atoms with E-state index in [1.54, 1.807) is 0 Å². The monoisotopic (exact) mass is 884 g/mol. The van der Waals surface area contributed by atoms with Crippen molar-refractivity contribution in [1.29, 1.82) is 0 Å². The van der Waals surface area contributed by atoms with Crippen LogP contribution in [0.5, 0.6) is 0 Å². The summed E-state index contributed by atoms with van der Waals surface area (Å²) in [5.74, 6) is -0.502. The van der Waals surface area contributed by atoms with Crippen LogP contribution in [0.1, 0.15) is 278 Å².